The van der Waals surface area contributed by atoms with Crippen molar-refractivity contribution in [3.8, 4) is 0 Å². The minimum atomic E-state index is -4.08. The van der Waals surface area contributed by atoms with E-state index in [1.165, 1.54) is 24.1 Å². The summed E-state index contributed by atoms with van der Waals surface area (Å²) in [4.78, 5) is 27.4. The van der Waals surface area contributed by atoms with E-state index in [-0.39, 0.29) is 11.4 Å². The number of nitrogens with one attached hydrogen (secondary N) is 1. The molecule has 184 valence electrons. The van der Waals surface area contributed by atoms with Gasteiger partial charge in [0, 0.05) is 23.6 Å². The summed E-state index contributed by atoms with van der Waals surface area (Å²) in [5.41, 5.74) is 0.888. The van der Waals surface area contributed by atoms with Gasteiger partial charge in [-0.2, -0.15) is 0 Å². The van der Waals surface area contributed by atoms with Gasteiger partial charge in [0.2, 0.25) is 11.8 Å². The normalized spacial score (nSPS) is 12.0. The minimum absolute atomic E-state index is 0.0164. The van der Waals surface area contributed by atoms with Crippen molar-refractivity contribution < 1.29 is 18.0 Å². The molecule has 35 heavy (non-hydrogen) atoms. The molecular formula is C25H25Cl2N3O4S. The average Bonchev–Trinajstić information content (AvgIpc) is 2.86. The van der Waals surface area contributed by atoms with E-state index in [0.717, 1.165) is 4.31 Å². The Balaban J connectivity index is 2.01. The monoisotopic (exact) mass is 533 g/mol. The number of carbonyl (C=O) groups excluding carboxylic acids is 2. The summed E-state index contributed by atoms with van der Waals surface area (Å²) in [6.45, 7) is 1.03. The second kappa shape index (κ2) is 11.6. The van der Waals surface area contributed by atoms with Gasteiger partial charge in [-0.15, -0.1) is 0 Å². The molecule has 3 rings (SSSR count). The van der Waals surface area contributed by atoms with Crippen LogP contribution >= 0.6 is 23.2 Å². The lowest BCUT2D eigenvalue weighted by Crippen LogP contribution is -2.50. The van der Waals surface area contributed by atoms with Crippen molar-refractivity contribution in [2.75, 3.05) is 17.9 Å². The van der Waals surface area contributed by atoms with Crippen LogP contribution in [0.4, 0.5) is 5.69 Å². The molecule has 0 saturated carbocycles. The van der Waals surface area contributed by atoms with Crippen LogP contribution in [-0.2, 0) is 26.2 Å². The van der Waals surface area contributed by atoms with Crippen LogP contribution in [0.5, 0.6) is 0 Å². The lowest BCUT2D eigenvalue weighted by molar-refractivity contribution is -0.139. The predicted molar refractivity (Wildman–Crippen MR) is 138 cm³/mol. The van der Waals surface area contributed by atoms with E-state index in [0.29, 0.717) is 21.3 Å². The largest absolute Gasteiger partial charge is 0.357 e. The van der Waals surface area contributed by atoms with Crippen molar-refractivity contribution in [3.05, 3.63) is 94.5 Å². The van der Waals surface area contributed by atoms with E-state index in [2.05, 4.69) is 5.32 Å². The molecule has 0 unspecified atom stereocenters. The molecule has 0 fully saturated rings. The molecule has 7 nitrogen and oxygen atoms in total. The number of amides is 2. The zero-order chi connectivity index (χ0) is 25.6. The van der Waals surface area contributed by atoms with E-state index in [4.69, 9.17) is 23.2 Å². The third-order valence-electron chi connectivity index (χ3n) is 5.42. The van der Waals surface area contributed by atoms with Crippen LogP contribution in [0.25, 0.3) is 0 Å². The highest BCUT2D eigenvalue weighted by Crippen LogP contribution is 2.26. The zero-order valence-corrected chi connectivity index (χ0v) is 21.5. The predicted octanol–water partition coefficient (Wildman–Crippen LogP) is 4.35. The summed E-state index contributed by atoms with van der Waals surface area (Å²) >= 11 is 12.3. The Kier molecular flexibility index (Phi) is 8.77. The van der Waals surface area contributed by atoms with E-state index in [1.807, 2.05) is 0 Å². The number of likely N-dealkylation sites (N-methyl/N-ethyl adjacent to an activating group) is 1. The van der Waals surface area contributed by atoms with Gasteiger partial charge in [-0.25, -0.2) is 8.42 Å². The highest BCUT2D eigenvalue weighted by Gasteiger charge is 2.32. The van der Waals surface area contributed by atoms with E-state index in [1.54, 1.807) is 73.7 Å². The van der Waals surface area contributed by atoms with Crippen molar-refractivity contribution in [1.82, 2.24) is 10.2 Å². The zero-order valence-electron chi connectivity index (χ0n) is 19.2. The lowest BCUT2D eigenvalue weighted by Gasteiger charge is -2.32. The van der Waals surface area contributed by atoms with E-state index in [9.17, 15) is 18.0 Å². The Morgan fingerprint density at radius 3 is 2.11 bits per heavy atom. The number of carbonyl (C=O) groups is 2. The van der Waals surface area contributed by atoms with Crippen molar-refractivity contribution in [1.29, 1.82) is 0 Å². The first-order valence-electron chi connectivity index (χ1n) is 10.7. The van der Waals surface area contributed by atoms with Gasteiger partial charge in [0.1, 0.15) is 12.6 Å². The first kappa shape index (κ1) is 26.5. The van der Waals surface area contributed by atoms with Gasteiger partial charge in [0.25, 0.3) is 10.0 Å². The Bertz CT molecular complexity index is 1290. The summed E-state index contributed by atoms with van der Waals surface area (Å²) in [5.74, 6) is -0.976. The SMILES string of the molecule is CNC(=O)[C@@H](C)N(Cc1ccc(Cl)cc1Cl)C(=O)CN(c1ccccc1)S(=O)(=O)c1ccccc1. The van der Waals surface area contributed by atoms with Gasteiger partial charge in [-0.05, 0) is 48.9 Å². The molecule has 0 bridgehead atoms. The number of rotatable bonds is 9. The van der Waals surface area contributed by atoms with Gasteiger partial charge in [-0.3, -0.25) is 13.9 Å². The quantitative estimate of drug-likeness (QED) is 0.442. The number of halogens is 2. The van der Waals surface area contributed by atoms with E-state index >= 15 is 0 Å². The number of hydrogen-bond donors (Lipinski definition) is 1. The molecule has 3 aromatic rings. The average molecular weight is 534 g/mol. The fourth-order valence-electron chi connectivity index (χ4n) is 3.47. The number of sulfonamides is 1. The second-order valence-electron chi connectivity index (χ2n) is 7.71. The lowest BCUT2D eigenvalue weighted by atomic mass is 10.1. The molecule has 0 aliphatic carbocycles. The summed E-state index contributed by atoms with van der Waals surface area (Å²) in [6.07, 6.45) is 0. The highest BCUT2D eigenvalue weighted by atomic mass is 35.5. The maximum absolute atomic E-state index is 13.6. The second-order valence-corrected chi connectivity index (χ2v) is 10.4. The summed E-state index contributed by atoms with van der Waals surface area (Å²) < 4.78 is 28.1. The Labute approximate surface area is 215 Å². The maximum atomic E-state index is 13.6. The molecule has 0 spiro atoms. The molecule has 0 aliphatic rings. The summed E-state index contributed by atoms with van der Waals surface area (Å²) in [7, 11) is -2.61. The van der Waals surface area contributed by atoms with Crippen LogP contribution in [0.15, 0.2) is 83.8 Å². The Morgan fingerprint density at radius 1 is 0.943 bits per heavy atom. The maximum Gasteiger partial charge on any atom is 0.264 e. The smallest absolute Gasteiger partial charge is 0.264 e. The van der Waals surface area contributed by atoms with Gasteiger partial charge in [-0.1, -0.05) is 65.7 Å². The molecule has 1 N–H and O–H groups in total. The summed E-state index contributed by atoms with van der Waals surface area (Å²) in [6, 6.07) is 20.1. The highest BCUT2D eigenvalue weighted by molar-refractivity contribution is 7.92. The van der Waals surface area contributed by atoms with Crippen LogP contribution in [0, 0.1) is 0 Å². The summed E-state index contributed by atoms with van der Waals surface area (Å²) in [5, 5.41) is 3.29. The minimum Gasteiger partial charge on any atom is -0.357 e. The fourth-order valence-corrected chi connectivity index (χ4v) is 5.37. The number of nitrogens with zero attached hydrogens (tertiary/aromatic N) is 2. The molecular weight excluding hydrogens is 509 g/mol. The van der Waals surface area contributed by atoms with Gasteiger partial charge >= 0.3 is 0 Å². The van der Waals surface area contributed by atoms with Gasteiger partial charge in [0.15, 0.2) is 0 Å². The first-order valence-corrected chi connectivity index (χ1v) is 12.9. The Hall–Kier alpha value is -3.07. The van der Waals surface area contributed by atoms with Gasteiger partial charge < -0.3 is 10.2 Å². The Morgan fingerprint density at radius 2 is 1.54 bits per heavy atom. The van der Waals surface area contributed by atoms with E-state index < -0.39 is 34.4 Å². The fraction of sp³-hybridized carbons (Fsp3) is 0.200. The van der Waals surface area contributed by atoms with Crippen LogP contribution in [0.3, 0.4) is 0 Å². The van der Waals surface area contributed by atoms with Crippen molar-refractivity contribution >= 4 is 50.7 Å². The number of benzene rings is 3. The molecule has 0 aromatic heterocycles. The molecule has 0 saturated heterocycles. The number of hydrogen-bond acceptors (Lipinski definition) is 4. The van der Waals surface area contributed by atoms with Crippen LogP contribution in [0.1, 0.15) is 12.5 Å². The van der Waals surface area contributed by atoms with Gasteiger partial charge in [0.05, 0.1) is 10.6 Å². The van der Waals surface area contributed by atoms with Crippen LogP contribution < -0.4 is 9.62 Å². The molecule has 10 heteroatoms. The standard InChI is InChI=1S/C25H25Cl2N3O4S/c1-18(25(32)28-2)29(16-19-13-14-20(26)15-23(19)27)24(31)17-30(21-9-5-3-6-10-21)35(33,34)22-11-7-4-8-12-22/h3-15,18H,16-17H2,1-2H3,(H,28,32)/t18-/m1/s1. The molecule has 0 heterocycles. The molecule has 1 atom stereocenters. The van der Waals surface area contributed by atoms with Crippen LogP contribution in [0.2, 0.25) is 10.0 Å². The molecule has 0 aliphatic heterocycles. The van der Waals surface area contributed by atoms with Crippen LogP contribution in [-0.4, -0.2) is 44.8 Å². The van der Waals surface area contributed by atoms with Crippen molar-refractivity contribution in [2.24, 2.45) is 0 Å². The molecule has 2 amide bonds. The number of anilines is 1. The number of para-hydroxylation sites is 1. The molecule has 0 radical (unpaired) electrons. The van der Waals surface area contributed by atoms with Crippen molar-refractivity contribution in [2.45, 2.75) is 24.4 Å². The van der Waals surface area contributed by atoms with Crippen molar-refractivity contribution in [3.63, 3.8) is 0 Å². The first-order chi connectivity index (χ1) is 16.6. The topological polar surface area (TPSA) is 86.8 Å². The third kappa shape index (κ3) is 6.33. The third-order valence-corrected chi connectivity index (χ3v) is 7.80. The molecule has 3 aromatic carbocycles.